The highest BCUT2D eigenvalue weighted by molar-refractivity contribution is 5.48. The number of benzene rings is 1. The van der Waals surface area contributed by atoms with Crippen LogP contribution in [0, 0.1) is 29.1 Å². The molecule has 0 saturated carbocycles. The molecule has 0 aromatic heterocycles. The summed E-state index contributed by atoms with van der Waals surface area (Å²) in [5, 5.41) is 2.38. The van der Waals surface area contributed by atoms with Crippen molar-refractivity contribution in [2.24, 2.45) is 0 Å². The molecule has 2 rings (SSSR count). The summed E-state index contributed by atoms with van der Waals surface area (Å²) < 4.78 is 66.0. The molecule has 0 aliphatic carbocycles. The van der Waals surface area contributed by atoms with Crippen LogP contribution in [0.1, 0.15) is 19.8 Å². The van der Waals surface area contributed by atoms with Crippen molar-refractivity contribution in [1.82, 2.24) is 4.90 Å². The van der Waals surface area contributed by atoms with Crippen LogP contribution in [0.4, 0.5) is 27.6 Å². The summed E-state index contributed by atoms with van der Waals surface area (Å²) in [5.41, 5.74) is -0.965. The van der Waals surface area contributed by atoms with Gasteiger partial charge in [0.1, 0.15) is 5.69 Å². The van der Waals surface area contributed by atoms with Gasteiger partial charge in [-0.15, -0.1) is 0 Å². The molecule has 1 heterocycles. The summed E-state index contributed by atoms with van der Waals surface area (Å²) in [6, 6.07) is -0.429. The molecule has 1 aliphatic rings. The number of hydrogen-bond acceptors (Lipinski definition) is 2. The zero-order chi connectivity index (χ0) is 14.9. The van der Waals surface area contributed by atoms with Crippen LogP contribution in [0.3, 0.4) is 0 Å². The van der Waals surface area contributed by atoms with Crippen LogP contribution in [0.25, 0.3) is 0 Å². The maximum absolute atomic E-state index is 13.5. The Labute approximate surface area is 113 Å². The van der Waals surface area contributed by atoms with Gasteiger partial charge in [-0.1, -0.05) is 0 Å². The number of hydrogen-bond donors (Lipinski definition) is 1. The van der Waals surface area contributed by atoms with E-state index in [1.807, 2.05) is 0 Å². The largest absolute Gasteiger partial charge is 0.376 e. The molecule has 1 unspecified atom stereocenters. The molecule has 2 nitrogen and oxygen atoms in total. The topological polar surface area (TPSA) is 15.3 Å². The minimum Gasteiger partial charge on any atom is -0.376 e. The molecule has 20 heavy (non-hydrogen) atoms. The molecule has 1 fully saturated rings. The van der Waals surface area contributed by atoms with E-state index in [-0.39, 0.29) is 0 Å². The lowest BCUT2D eigenvalue weighted by atomic mass is 10.2. The second-order valence-electron chi connectivity index (χ2n) is 5.00. The van der Waals surface area contributed by atoms with Crippen molar-refractivity contribution < 1.29 is 22.0 Å². The van der Waals surface area contributed by atoms with E-state index in [2.05, 4.69) is 10.2 Å². The number of likely N-dealkylation sites (tertiary alicyclic amines) is 1. The van der Waals surface area contributed by atoms with Gasteiger partial charge in [-0.05, 0) is 32.9 Å². The first-order valence-corrected chi connectivity index (χ1v) is 6.42. The van der Waals surface area contributed by atoms with Crippen molar-refractivity contribution in [2.45, 2.75) is 25.8 Å². The Morgan fingerprint density at radius 1 is 0.900 bits per heavy atom. The van der Waals surface area contributed by atoms with Crippen molar-refractivity contribution in [1.29, 1.82) is 0 Å². The number of nitrogens with zero attached hydrogens (tertiary/aromatic N) is 1. The van der Waals surface area contributed by atoms with Crippen molar-refractivity contribution in [3.05, 3.63) is 29.1 Å². The van der Waals surface area contributed by atoms with Gasteiger partial charge in [0.25, 0.3) is 0 Å². The average Bonchev–Trinajstić information content (AvgIpc) is 2.92. The van der Waals surface area contributed by atoms with Gasteiger partial charge in [-0.3, -0.25) is 0 Å². The Morgan fingerprint density at radius 2 is 1.35 bits per heavy atom. The Hall–Kier alpha value is -1.37. The lowest BCUT2D eigenvalue weighted by Gasteiger charge is -2.22. The molecule has 1 aliphatic heterocycles. The SMILES string of the molecule is CC(CN1CCCC1)Nc1c(F)c(F)c(F)c(F)c1F. The molecule has 1 saturated heterocycles. The predicted octanol–water partition coefficient (Wildman–Crippen LogP) is 3.28. The van der Waals surface area contributed by atoms with Gasteiger partial charge in [0.05, 0.1) is 0 Å². The van der Waals surface area contributed by atoms with E-state index in [1.165, 1.54) is 0 Å². The molecule has 0 spiro atoms. The monoisotopic (exact) mass is 294 g/mol. The van der Waals surface area contributed by atoms with Gasteiger partial charge >= 0.3 is 0 Å². The molecule has 1 aromatic carbocycles. The van der Waals surface area contributed by atoms with E-state index in [1.54, 1.807) is 6.92 Å². The molecule has 7 heteroatoms. The van der Waals surface area contributed by atoms with Gasteiger partial charge < -0.3 is 10.2 Å². The average molecular weight is 294 g/mol. The van der Waals surface area contributed by atoms with E-state index in [4.69, 9.17) is 0 Å². The lowest BCUT2D eigenvalue weighted by Crippen LogP contribution is -2.33. The fourth-order valence-electron chi connectivity index (χ4n) is 2.38. The highest BCUT2D eigenvalue weighted by Gasteiger charge is 2.27. The summed E-state index contributed by atoms with van der Waals surface area (Å²) in [7, 11) is 0. The number of anilines is 1. The highest BCUT2D eigenvalue weighted by Crippen LogP contribution is 2.27. The fraction of sp³-hybridized carbons (Fsp3) is 0.538. The van der Waals surface area contributed by atoms with E-state index in [0.717, 1.165) is 25.9 Å². The molecular formula is C13H15F5N2. The van der Waals surface area contributed by atoms with Gasteiger partial charge in [0.2, 0.25) is 5.82 Å². The normalized spacial score (nSPS) is 17.5. The quantitative estimate of drug-likeness (QED) is 0.521. The maximum Gasteiger partial charge on any atom is 0.200 e. The zero-order valence-electron chi connectivity index (χ0n) is 10.9. The minimum atomic E-state index is -2.14. The minimum absolute atomic E-state index is 0.429. The Bertz CT molecular complexity index is 471. The van der Waals surface area contributed by atoms with Crippen LogP contribution in [0.2, 0.25) is 0 Å². The Balaban J connectivity index is 2.16. The van der Waals surface area contributed by atoms with Crippen LogP contribution in [0.5, 0.6) is 0 Å². The van der Waals surface area contributed by atoms with Crippen molar-refractivity contribution in [2.75, 3.05) is 25.0 Å². The summed E-state index contributed by atoms with van der Waals surface area (Å²) in [4.78, 5) is 2.07. The smallest absolute Gasteiger partial charge is 0.200 e. The van der Waals surface area contributed by atoms with Gasteiger partial charge in [-0.25, -0.2) is 22.0 Å². The van der Waals surface area contributed by atoms with E-state index >= 15 is 0 Å². The third kappa shape index (κ3) is 2.87. The van der Waals surface area contributed by atoms with Crippen molar-refractivity contribution in [3.8, 4) is 0 Å². The van der Waals surface area contributed by atoms with Gasteiger partial charge in [0, 0.05) is 12.6 Å². The lowest BCUT2D eigenvalue weighted by molar-refractivity contribution is 0.326. The first-order valence-electron chi connectivity index (χ1n) is 6.42. The van der Waals surface area contributed by atoms with Crippen LogP contribution >= 0.6 is 0 Å². The summed E-state index contributed by atoms with van der Waals surface area (Å²) in [6.45, 7) is 3.88. The molecule has 112 valence electrons. The van der Waals surface area contributed by atoms with Crippen molar-refractivity contribution in [3.63, 3.8) is 0 Å². The third-order valence-electron chi connectivity index (χ3n) is 3.33. The molecule has 0 radical (unpaired) electrons. The molecule has 0 amide bonds. The fourth-order valence-corrected chi connectivity index (χ4v) is 2.38. The predicted molar refractivity (Wildman–Crippen MR) is 65.0 cm³/mol. The third-order valence-corrected chi connectivity index (χ3v) is 3.33. The molecule has 1 N–H and O–H groups in total. The Morgan fingerprint density at radius 3 is 1.85 bits per heavy atom. The standard InChI is InChI=1S/C13H15F5N2/c1-7(6-20-4-2-3-5-20)19-13-11(17)9(15)8(14)10(16)12(13)18/h7,19H,2-6H2,1H3. The molecular weight excluding hydrogens is 279 g/mol. The number of rotatable bonds is 4. The summed E-state index contributed by atoms with van der Waals surface area (Å²) >= 11 is 0. The first kappa shape index (κ1) is 15.0. The Kier molecular flexibility index (Phi) is 4.47. The second kappa shape index (κ2) is 5.95. The molecule has 1 atom stereocenters. The van der Waals surface area contributed by atoms with Gasteiger partial charge in [0.15, 0.2) is 23.3 Å². The van der Waals surface area contributed by atoms with Crippen LogP contribution < -0.4 is 5.32 Å². The van der Waals surface area contributed by atoms with E-state index < -0.39 is 40.8 Å². The number of halogens is 5. The summed E-state index contributed by atoms with van der Waals surface area (Å²) in [6.07, 6.45) is 2.10. The zero-order valence-corrected chi connectivity index (χ0v) is 10.9. The molecule has 0 bridgehead atoms. The number of nitrogens with one attached hydrogen (secondary N) is 1. The van der Waals surface area contributed by atoms with Gasteiger partial charge in [-0.2, -0.15) is 0 Å². The molecule has 1 aromatic rings. The highest BCUT2D eigenvalue weighted by atomic mass is 19.2. The first-order chi connectivity index (χ1) is 9.41. The maximum atomic E-state index is 13.5. The van der Waals surface area contributed by atoms with Crippen LogP contribution in [-0.4, -0.2) is 30.6 Å². The van der Waals surface area contributed by atoms with Crippen LogP contribution in [0.15, 0.2) is 0 Å². The van der Waals surface area contributed by atoms with E-state index in [0.29, 0.717) is 6.54 Å². The van der Waals surface area contributed by atoms with Crippen LogP contribution in [-0.2, 0) is 0 Å². The van der Waals surface area contributed by atoms with Crippen molar-refractivity contribution >= 4 is 5.69 Å². The summed E-state index contributed by atoms with van der Waals surface area (Å²) in [5.74, 6) is -9.65. The second-order valence-corrected chi connectivity index (χ2v) is 5.00. The van der Waals surface area contributed by atoms with E-state index in [9.17, 15) is 22.0 Å².